The highest BCUT2D eigenvalue weighted by molar-refractivity contribution is 6.12. The summed E-state index contributed by atoms with van der Waals surface area (Å²) in [7, 11) is 0. The van der Waals surface area contributed by atoms with Gasteiger partial charge in [0.2, 0.25) is 5.91 Å². The normalized spacial score (nSPS) is 14.5. The van der Waals surface area contributed by atoms with E-state index in [0.29, 0.717) is 45.2 Å². The van der Waals surface area contributed by atoms with Crippen LogP contribution in [0.25, 0.3) is 0 Å². The summed E-state index contributed by atoms with van der Waals surface area (Å²) in [6.45, 7) is 5.95. The fourth-order valence-corrected chi connectivity index (χ4v) is 2.89. The molecule has 10 heteroatoms. The van der Waals surface area contributed by atoms with Gasteiger partial charge in [0, 0.05) is 31.7 Å². The van der Waals surface area contributed by atoms with Crippen LogP contribution in [0.4, 0.5) is 4.79 Å². The van der Waals surface area contributed by atoms with Crippen LogP contribution in [0.2, 0.25) is 0 Å². The third-order valence-electron chi connectivity index (χ3n) is 4.41. The molecule has 0 aromatic heterocycles. The number of alkyl carbamates (subject to hydrolysis) is 1. The molecule has 10 nitrogen and oxygen atoms in total. The zero-order valence-corrected chi connectivity index (χ0v) is 18.4. The van der Waals surface area contributed by atoms with Gasteiger partial charge in [0.25, 0.3) is 11.8 Å². The minimum absolute atomic E-state index is 0.171. The number of imide groups is 1. The molecule has 0 aromatic carbocycles. The van der Waals surface area contributed by atoms with Crippen molar-refractivity contribution in [3.63, 3.8) is 0 Å². The van der Waals surface area contributed by atoms with Gasteiger partial charge in [0.05, 0.1) is 0 Å². The maximum absolute atomic E-state index is 12.0. The van der Waals surface area contributed by atoms with Crippen molar-refractivity contribution in [2.24, 2.45) is 0 Å². The molecule has 0 fully saturated rings. The third kappa shape index (κ3) is 11.2. The highest BCUT2D eigenvalue weighted by Crippen LogP contribution is 2.09. The largest absolute Gasteiger partial charge is 0.480 e. The van der Waals surface area contributed by atoms with Gasteiger partial charge in [0.1, 0.15) is 11.6 Å². The second-order valence-corrected chi connectivity index (χ2v) is 8.35. The van der Waals surface area contributed by atoms with Crippen LogP contribution in [-0.2, 0) is 23.9 Å². The van der Waals surface area contributed by atoms with Crippen LogP contribution in [0, 0.1) is 0 Å². The molecule has 1 heterocycles. The Labute approximate surface area is 182 Å². The number of nitrogens with zero attached hydrogens (tertiary/aromatic N) is 1. The van der Waals surface area contributed by atoms with Crippen molar-refractivity contribution in [1.29, 1.82) is 0 Å². The van der Waals surface area contributed by atoms with Crippen molar-refractivity contribution in [2.75, 3.05) is 13.1 Å². The second-order valence-electron chi connectivity index (χ2n) is 8.35. The molecule has 1 rings (SSSR count). The van der Waals surface area contributed by atoms with Crippen molar-refractivity contribution in [3.05, 3.63) is 12.2 Å². The van der Waals surface area contributed by atoms with Crippen molar-refractivity contribution in [2.45, 2.75) is 77.4 Å². The topological polar surface area (TPSA) is 142 Å². The first-order chi connectivity index (χ1) is 14.5. The summed E-state index contributed by atoms with van der Waals surface area (Å²) < 4.78 is 5.11. The zero-order valence-electron chi connectivity index (χ0n) is 18.4. The van der Waals surface area contributed by atoms with E-state index in [1.165, 1.54) is 12.2 Å². The van der Waals surface area contributed by atoms with E-state index in [9.17, 15) is 29.1 Å². The number of carboxylic acid groups (broad SMARTS) is 1. The van der Waals surface area contributed by atoms with Gasteiger partial charge in [0.15, 0.2) is 0 Å². The molecular weight excluding hydrogens is 406 g/mol. The van der Waals surface area contributed by atoms with Crippen molar-refractivity contribution in [1.82, 2.24) is 15.5 Å². The summed E-state index contributed by atoms with van der Waals surface area (Å²) in [4.78, 5) is 58.9. The molecule has 0 radical (unpaired) electrons. The van der Waals surface area contributed by atoms with Crippen molar-refractivity contribution < 1.29 is 33.8 Å². The molecule has 0 saturated carbocycles. The fraction of sp³-hybridized carbons (Fsp3) is 0.667. The fourth-order valence-electron chi connectivity index (χ4n) is 2.89. The quantitative estimate of drug-likeness (QED) is 0.293. The average Bonchev–Trinajstić information content (AvgIpc) is 2.96. The Morgan fingerprint density at radius 1 is 1.03 bits per heavy atom. The van der Waals surface area contributed by atoms with Gasteiger partial charge in [-0.05, 0) is 52.9 Å². The average molecular weight is 440 g/mol. The molecule has 1 aliphatic heterocycles. The number of hydrogen-bond donors (Lipinski definition) is 3. The van der Waals surface area contributed by atoms with Crippen LogP contribution < -0.4 is 10.6 Å². The van der Waals surface area contributed by atoms with Gasteiger partial charge < -0.3 is 20.5 Å². The molecule has 0 aliphatic carbocycles. The Morgan fingerprint density at radius 2 is 1.68 bits per heavy atom. The Balaban J connectivity index is 2.17. The first kappa shape index (κ1) is 26.1. The molecule has 0 bridgehead atoms. The number of hydrogen-bond acceptors (Lipinski definition) is 6. The lowest BCUT2D eigenvalue weighted by molar-refractivity contribution is -0.142. The standard InChI is InChI=1S/C21H33N3O7/c1-21(2,3)31-20(30)22-13-7-6-9-15(19(28)29)23-16(25)10-5-4-8-14-24-17(26)11-12-18(24)27/h11-12,15H,4-10,13-14H2,1-3H3,(H,22,30)(H,23,25)(H,28,29)/t15-/m0/s1. The molecule has 0 unspecified atom stereocenters. The number of rotatable bonds is 13. The SMILES string of the molecule is CC(C)(C)OC(=O)NCCCC[C@H](NC(=O)CCCCCN1C(=O)C=CC1=O)C(=O)O. The summed E-state index contributed by atoms with van der Waals surface area (Å²) >= 11 is 0. The molecule has 0 spiro atoms. The summed E-state index contributed by atoms with van der Waals surface area (Å²) in [5.74, 6) is -2.11. The van der Waals surface area contributed by atoms with Crippen LogP contribution in [0.15, 0.2) is 12.2 Å². The van der Waals surface area contributed by atoms with E-state index >= 15 is 0 Å². The lowest BCUT2D eigenvalue weighted by atomic mass is 10.1. The van der Waals surface area contributed by atoms with E-state index in [2.05, 4.69) is 10.6 Å². The van der Waals surface area contributed by atoms with E-state index in [0.717, 1.165) is 4.90 Å². The number of amides is 4. The summed E-state index contributed by atoms with van der Waals surface area (Å²) in [5.41, 5.74) is -0.580. The van der Waals surface area contributed by atoms with E-state index in [1.54, 1.807) is 20.8 Å². The lowest BCUT2D eigenvalue weighted by Crippen LogP contribution is -2.40. The maximum atomic E-state index is 12.0. The minimum Gasteiger partial charge on any atom is -0.480 e. The summed E-state index contributed by atoms with van der Waals surface area (Å²) in [6.07, 6.45) is 5.18. The molecule has 174 valence electrons. The van der Waals surface area contributed by atoms with Crippen LogP contribution in [0.3, 0.4) is 0 Å². The van der Waals surface area contributed by atoms with Crippen LogP contribution >= 0.6 is 0 Å². The summed E-state index contributed by atoms with van der Waals surface area (Å²) in [5, 5.41) is 14.4. The first-order valence-electron chi connectivity index (χ1n) is 10.5. The zero-order chi connectivity index (χ0) is 23.4. The summed E-state index contributed by atoms with van der Waals surface area (Å²) in [6, 6.07) is -0.986. The Hall–Kier alpha value is -2.91. The highest BCUT2D eigenvalue weighted by Gasteiger charge is 2.22. The Morgan fingerprint density at radius 3 is 2.26 bits per heavy atom. The molecule has 0 aromatic rings. The molecule has 4 amide bonds. The number of carbonyl (C=O) groups excluding carboxylic acids is 4. The van der Waals surface area contributed by atoms with Gasteiger partial charge in [-0.3, -0.25) is 19.3 Å². The van der Waals surface area contributed by atoms with Crippen LogP contribution in [0.5, 0.6) is 0 Å². The first-order valence-corrected chi connectivity index (χ1v) is 10.5. The predicted molar refractivity (Wildman–Crippen MR) is 112 cm³/mol. The Kier molecular flexibility index (Phi) is 10.7. The predicted octanol–water partition coefficient (Wildman–Crippen LogP) is 1.74. The van der Waals surface area contributed by atoms with Gasteiger partial charge in [-0.2, -0.15) is 0 Å². The number of carboxylic acids is 1. The van der Waals surface area contributed by atoms with E-state index in [4.69, 9.17) is 4.74 Å². The minimum atomic E-state index is -1.10. The number of ether oxygens (including phenoxy) is 1. The third-order valence-corrected chi connectivity index (χ3v) is 4.41. The number of unbranched alkanes of at least 4 members (excludes halogenated alkanes) is 3. The molecule has 31 heavy (non-hydrogen) atoms. The van der Waals surface area contributed by atoms with Gasteiger partial charge in [-0.15, -0.1) is 0 Å². The number of carbonyl (C=O) groups is 5. The molecular formula is C21H33N3O7. The monoisotopic (exact) mass is 439 g/mol. The van der Waals surface area contributed by atoms with Crippen LogP contribution in [-0.4, -0.2) is 64.5 Å². The maximum Gasteiger partial charge on any atom is 0.407 e. The number of aliphatic carboxylic acids is 1. The van der Waals surface area contributed by atoms with E-state index in [1.807, 2.05) is 0 Å². The van der Waals surface area contributed by atoms with Gasteiger partial charge in [-0.25, -0.2) is 9.59 Å². The molecule has 3 N–H and O–H groups in total. The van der Waals surface area contributed by atoms with Crippen molar-refractivity contribution in [3.8, 4) is 0 Å². The van der Waals surface area contributed by atoms with Crippen molar-refractivity contribution >= 4 is 29.8 Å². The van der Waals surface area contributed by atoms with E-state index in [-0.39, 0.29) is 30.6 Å². The van der Waals surface area contributed by atoms with E-state index < -0.39 is 23.7 Å². The van der Waals surface area contributed by atoms with Gasteiger partial charge >= 0.3 is 12.1 Å². The molecule has 0 saturated heterocycles. The number of nitrogens with one attached hydrogen (secondary N) is 2. The van der Waals surface area contributed by atoms with Crippen LogP contribution in [0.1, 0.15) is 65.7 Å². The smallest absolute Gasteiger partial charge is 0.407 e. The molecule has 1 aliphatic rings. The lowest BCUT2D eigenvalue weighted by Gasteiger charge is -2.19. The highest BCUT2D eigenvalue weighted by atomic mass is 16.6. The second kappa shape index (κ2) is 12.7. The Bertz CT molecular complexity index is 680. The van der Waals surface area contributed by atoms with Gasteiger partial charge in [-0.1, -0.05) is 6.42 Å². The molecule has 1 atom stereocenters.